The van der Waals surface area contributed by atoms with Crippen molar-refractivity contribution in [1.29, 1.82) is 10.8 Å². The Labute approximate surface area is 394 Å². The molecule has 0 saturated heterocycles. The fraction of sp³-hybridized carbons (Fsp3) is 0.390. The molecule has 6 amide bonds. The fourth-order valence-corrected chi connectivity index (χ4v) is 7.06. The smallest absolute Gasteiger partial charge is 0.274 e. The number of guanidine groups is 1. The van der Waals surface area contributed by atoms with Gasteiger partial charge in [0.15, 0.2) is 5.96 Å². The summed E-state index contributed by atoms with van der Waals surface area (Å²) in [5.74, 6) is -1.15. The van der Waals surface area contributed by atoms with Crippen LogP contribution in [0.1, 0.15) is 65.7 Å². The molecule has 64 heavy (non-hydrogen) atoms. The number of nitrogens with zero attached hydrogens (tertiary/aromatic N) is 1. The number of hydrogen-bond donors (Lipinski definition) is 12. The van der Waals surface area contributed by atoms with E-state index in [1.165, 1.54) is 79.7 Å². The Hall–Kier alpha value is -5.61. The van der Waals surface area contributed by atoms with Crippen molar-refractivity contribution in [2.24, 2.45) is 22.2 Å². The molecule has 354 valence electrons. The molecule has 0 radical (unpaired) electrons. The predicted octanol–water partition coefficient (Wildman–Crippen LogP) is 5.65. The van der Waals surface area contributed by atoms with Crippen LogP contribution in [-0.2, 0) is 28.8 Å². The summed E-state index contributed by atoms with van der Waals surface area (Å²) < 4.78 is 0. The highest BCUT2D eigenvalue weighted by Gasteiger charge is 2.20. The Morgan fingerprint density at radius 1 is 0.766 bits per heavy atom. The first-order valence-electron chi connectivity index (χ1n) is 19.9. The van der Waals surface area contributed by atoms with Gasteiger partial charge in [0.1, 0.15) is 5.70 Å². The Bertz CT molecular complexity index is 1860. The molecule has 0 unspecified atom stereocenters. The third-order valence-corrected chi connectivity index (χ3v) is 10.1. The Morgan fingerprint density at radius 2 is 1.22 bits per heavy atom. The minimum atomic E-state index is -0.708. The van der Waals surface area contributed by atoms with Crippen LogP contribution in [0.3, 0.4) is 0 Å². The largest absolute Gasteiger partial charge is 0.390 e. The molecule has 0 aliphatic rings. The number of hydrogen-bond acceptors (Lipinski definition) is 12. The number of nitrogens with two attached hydrogens (primary N) is 3. The summed E-state index contributed by atoms with van der Waals surface area (Å²) in [6.07, 6.45) is 12.2. The topological polar surface area (TPSA) is 325 Å². The highest BCUT2D eigenvalue weighted by Crippen LogP contribution is 2.39. The van der Waals surface area contributed by atoms with E-state index < -0.39 is 11.8 Å². The SMILES string of the molecule is C=C(/C=C(\N=CC)C(=O)Nc1cc(Cl)cc(NC(=O)CCCCNC)c1SCCNC=O)C(=O)Nc1cc(Cl)cc(NC=O)c1SCCNC=O.CCCCCC.N=C(N)N.N=CN. The van der Waals surface area contributed by atoms with Crippen molar-refractivity contribution in [2.45, 2.75) is 75.5 Å². The standard InChI is InChI=1S/C33H40Cl2N8O6S2.C6H14.CH5N3.CH4N2/c1-4-39-28(13-21(2)32(48)42-26-16-22(34)14-24(40-20-46)30(26)50-11-9-37-18-44)33(49)43-27-17-23(35)15-25(31(27)51-12-10-38-19-45)41-29(47)7-5-6-8-36-3;1-3-5-6-4-2;2-1(3)4;2-1-3/h4,13-20,36H,2,5-12H2,1,3H3,(H,37,44)(H,38,45)(H,40,46)(H,41,47)(H,42,48)(H,43,49);3-6H2,1-2H3;(H5,2,3,4);1H,(H3,2,3)/b28-13-,39-4?;;;. The van der Waals surface area contributed by atoms with E-state index in [9.17, 15) is 28.8 Å². The summed E-state index contributed by atoms with van der Waals surface area (Å²) >= 11 is 15.2. The molecule has 2 rings (SSSR count). The zero-order chi connectivity index (χ0) is 48.7. The fourth-order valence-electron chi connectivity index (χ4n) is 4.71. The number of nitrogens with one attached hydrogen (secondary N) is 9. The Morgan fingerprint density at radius 3 is 1.66 bits per heavy atom. The second-order valence-electron chi connectivity index (χ2n) is 12.6. The van der Waals surface area contributed by atoms with Crippen molar-refractivity contribution in [3.8, 4) is 0 Å². The van der Waals surface area contributed by atoms with Gasteiger partial charge >= 0.3 is 0 Å². The lowest BCUT2D eigenvalue weighted by molar-refractivity contribution is -0.116. The number of rotatable bonds is 27. The average molecular weight is 969 g/mol. The molecule has 23 heteroatoms. The van der Waals surface area contributed by atoms with Gasteiger partial charge in [0.2, 0.25) is 25.1 Å². The lowest BCUT2D eigenvalue weighted by atomic mass is 10.2. The van der Waals surface area contributed by atoms with Gasteiger partial charge in [-0.3, -0.25) is 44.6 Å². The highest BCUT2D eigenvalue weighted by atomic mass is 35.5. The summed E-state index contributed by atoms with van der Waals surface area (Å²) in [4.78, 5) is 77.6. The van der Waals surface area contributed by atoms with Crippen molar-refractivity contribution in [3.63, 3.8) is 0 Å². The molecular weight excluding hydrogens is 906 g/mol. The van der Waals surface area contributed by atoms with E-state index in [4.69, 9.17) is 34.0 Å². The quantitative estimate of drug-likeness (QED) is 0.00983. The normalized spacial score (nSPS) is 10.2. The van der Waals surface area contributed by atoms with Crippen LogP contribution < -0.4 is 54.4 Å². The van der Waals surface area contributed by atoms with Crippen LogP contribution in [0.25, 0.3) is 0 Å². The van der Waals surface area contributed by atoms with E-state index in [2.05, 4.69) is 79.8 Å². The molecule has 0 spiro atoms. The maximum atomic E-state index is 13.6. The molecule has 0 bridgehead atoms. The van der Waals surface area contributed by atoms with Gasteiger partial charge in [0, 0.05) is 52.8 Å². The maximum absolute atomic E-state index is 13.6. The van der Waals surface area contributed by atoms with E-state index in [0.29, 0.717) is 71.4 Å². The van der Waals surface area contributed by atoms with Gasteiger partial charge in [-0.15, -0.1) is 23.5 Å². The maximum Gasteiger partial charge on any atom is 0.274 e. The minimum absolute atomic E-state index is 0.138. The average Bonchev–Trinajstić information content (AvgIpc) is 3.23. The number of carbonyl (C=O) groups is 6. The molecule has 2 aromatic rings. The molecule has 0 aliphatic carbocycles. The first kappa shape index (κ1) is 60.5. The number of aliphatic imine (C=N–C) groups is 1. The van der Waals surface area contributed by atoms with E-state index in [0.717, 1.165) is 19.3 Å². The number of unbranched alkanes of at least 4 members (excludes halogenated alkanes) is 4. The summed E-state index contributed by atoms with van der Waals surface area (Å²) in [6, 6.07) is 6.09. The molecule has 0 aromatic heterocycles. The molecule has 0 saturated carbocycles. The number of halogens is 2. The third kappa shape index (κ3) is 28.9. The molecule has 0 atom stereocenters. The van der Waals surface area contributed by atoms with Crippen molar-refractivity contribution < 1.29 is 28.8 Å². The summed E-state index contributed by atoms with van der Waals surface area (Å²) in [5.41, 5.74) is 14.3. The van der Waals surface area contributed by atoms with Gasteiger partial charge in [-0.05, 0) is 63.7 Å². The third-order valence-electron chi connectivity index (χ3n) is 7.39. The number of amides is 6. The van der Waals surface area contributed by atoms with E-state index in [1.54, 1.807) is 13.0 Å². The molecule has 19 nitrogen and oxygen atoms in total. The van der Waals surface area contributed by atoms with Crippen molar-refractivity contribution in [1.82, 2.24) is 16.0 Å². The Kier molecular flexibility index (Phi) is 36.9. The van der Waals surface area contributed by atoms with Gasteiger partial charge in [-0.2, -0.15) is 0 Å². The zero-order valence-electron chi connectivity index (χ0n) is 36.7. The summed E-state index contributed by atoms with van der Waals surface area (Å²) in [5, 5.41) is 31.5. The van der Waals surface area contributed by atoms with E-state index >= 15 is 0 Å². The zero-order valence-corrected chi connectivity index (χ0v) is 39.8. The van der Waals surface area contributed by atoms with Crippen LogP contribution in [0.2, 0.25) is 10.0 Å². The Balaban J connectivity index is 0. The second-order valence-corrected chi connectivity index (χ2v) is 15.6. The molecule has 0 aliphatic heterocycles. The second kappa shape index (κ2) is 39.0. The number of anilines is 4. The van der Waals surface area contributed by atoms with E-state index in [1.807, 2.05) is 7.05 Å². The first-order chi connectivity index (χ1) is 30.6. The lowest BCUT2D eigenvalue weighted by Crippen LogP contribution is -2.20. The molecule has 15 N–H and O–H groups in total. The van der Waals surface area contributed by atoms with Crippen molar-refractivity contribution in [2.75, 3.05) is 59.5 Å². The monoisotopic (exact) mass is 967 g/mol. The van der Waals surface area contributed by atoms with Crippen LogP contribution in [-0.4, -0.2) is 93.7 Å². The van der Waals surface area contributed by atoms with Crippen molar-refractivity contribution in [3.05, 3.63) is 58.2 Å². The van der Waals surface area contributed by atoms with Gasteiger partial charge in [-0.1, -0.05) is 69.3 Å². The number of benzene rings is 2. The van der Waals surface area contributed by atoms with Crippen LogP contribution >= 0.6 is 46.7 Å². The molecule has 2 aromatic carbocycles. The number of thioether (sulfide) groups is 2. The highest BCUT2D eigenvalue weighted by molar-refractivity contribution is 7.99. The van der Waals surface area contributed by atoms with Crippen LogP contribution in [0.15, 0.2) is 63.0 Å². The molecular formula is C41H63Cl2N13O6S2. The summed E-state index contributed by atoms with van der Waals surface area (Å²) in [6.45, 7) is 11.3. The first-order valence-corrected chi connectivity index (χ1v) is 22.6. The van der Waals surface area contributed by atoms with Crippen molar-refractivity contribution >= 4 is 125 Å². The predicted molar refractivity (Wildman–Crippen MR) is 266 cm³/mol. The van der Waals surface area contributed by atoms with E-state index in [-0.39, 0.29) is 51.0 Å². The van der Waals surface area contributed by atoms with Crippen LogP contribution in [0.5, 0.6) is 0 Å². The summed E-state index contributed by atoms with van der Waals surface area (Å²) in [7, 11) is 1.84. The van der Waals surface area contributed by atoms with Gasteiger partial charge in [0.25, 0.3) is 11.8 Å². The van der Waals surface area contributed by atoms with Gasteiger partial charge in [0.05, 0.1) is 38.9 Å². The van der Waals surface area contributed by atoms with Gasteiger partial charge in [-0.25, -0.2) is 0 Å². The van der Waals surface area contributed by atoms with Gasteiger partial charge < -0.3 is 54.4 Å². The molecule has 0 fully saturated rings. The lowest BCUT2D eigenvalue weighted by Gasteiger charge is -2.17. The number of carbonyl (C=O) groups excluding carboxylic acids is 6. The van der Waals surface area contributed by atoms with Crippen LogP contribution in [0.4, 0.5) is 22.7 Å². The minimum Gasteiger partial charge on any atom is -0.390 e. The van der Waals surface area contributed by atoms with Crippen LogP contribution in [0, 0.1) is 10.8 Å². The molecule has 0 heterocycles.